The summed E-state index contributed by atoms with van der Waals surface area (Å²) in [6.45, 7) is 0.733. The monoisotopic (exact) mass is 442 g/mol. The second-order valence-electron chi connectivity index (χ2n) is 6.32. The van der Waals surface area contributed by atoms with Crippen LogP contribution in [0.2, 0.25) is 0 Å². The van der Waals surface area contributed by atoms with E-state index in [0.717, 1.165) is 29.3 Å². The van der Waals surface area contributed by atoms with E-state index in [9.17, 15) is 4.39 Å². The number of thiocarbonyl (C=S) groups is 1. The molecule has 0 atom stereocenters. The quantitative estimate of drug-likeness (QED) is 0.229. The molecule has 0 radical (unpaired) electrons. The largest absolute Gasteiger partial charge is 0.362 e. The van der Waals surface area contributed by atoms with Crippen molar-refractivity contribution in [3.8, 4) is 0 Å². The lowest BCUT2D eigenvalue weighted by Crippen LogP contribution is -2.30. The number of nitrogens with one attached hydrogen (secondary N) is 2. The van der Waals surface area contributed by atoms with E-state index in [1.165, 1.54) is 16.5 Å². The van der Waals surface area contributed by atoms with Crippen LogP contribution in [0.1, 0.15) is 11.1 Å². The second kappa shape index (κ2) is 11.9. The molecule has 0 heterocycles. The van der Waals surface area contributed by atoms with Crippen molar-refractivity contribution in [2.24, 2.45) is 0 Å². The van der Waals surface area contributed by atoms with Gasteiger partial charge >= 0.3 is 0 Å². The number of halogens is 1. The third-order valence-electron chi connectivity index (χ3n) is 4.11. The molecule has 2 nitrogen and oxygen atoms in total. The number of anilines is 1. The molecule has 150 valence electrons. The fraction of sp³-hybridized carbons (Fsp3) is 0.174. The van der Waals surface area contributed by atoms with Crippen LogP contribution in [0.15, 0.2) is 83.8 Å². The van der Waals surface area contributed by atoms with Gasteiger partial charge in [-0.15, -0.1) is 11.8 Å². The summed E-state index contributed by atoms with van der Waals surface area (Å²) in [7, 11) is 0. The fourth-order valence-corrected chi connectivity index (χ4v) is 4.52. The average molecular weight is 443 g/mol. The van der Waals surface area contributed by atoms with E-state index in [2.05, 4.69) is 47.0 Å². The Bertz CT molecular complexity index is 902. The summed E-state index contributed by atoms with van der Waals surface area (Å²) in [4.78, 5) is 1.27. The van der Waals surface area contributed by atoms with Crippen LogP contribution in [0.4, 0.5) is 10.1 Å². The Morgan fingerprint density at radius 2 is 1.59 bits per heavy atom. The number of thioether (sulfide) groups is 2. The normalized spacial score (nSPS) is 10.5. The molecule has 0 spiro atoms. The molecule has 0 aliphatic rings. The fourth-order valence-electron chi connectivity index (χ4n) is 2.58. The minimum Gasteiger partial charge on any atom is -0.362 e. The van der Waals surface area contributed by atoms with E-state index in [0.29, 0.717) is 10.9 Å². The van der Waals surface area contributed by atoms with Gasteiger partial charge in [-0.25, -0.2) is 4.39 Å². The van der Waals surface area contributed by atoms with Gasteiger partial charge in [0.25, 0.3) is 0 Å². The van der Waals surface area contributed by atoms with Crippen LogP contribution < -0.4 is 10.6 Å². The Balaban J connectivity index is 1.33. The number of hydrogen-bond acceptors (Lipinski definition) is 3. The van der Waals surface area contributed by atoms with Gasteiger partial charge in [-0.05, 0) is 53.7 Å². The maximum Gasteiger partial charge on any atom is 0.170 e. The molecular formula is C23H23FN2S3. The Kier molecular flexibility index (Phi) is 8.86. The van der Waals surface area contributed by atoms with E-state index < -0.39 is 0 Å². The Hall–Kier alpha value is -2.02. The predicted octanol–water partition coefficient (Wildman–Crippen LogP) is 6.34. The molecule has 3 aromatic carbocycles. The summed E-state index contributed by atoms with van der Waals surface area (Å²) < 4.78 is 13.6. The molecule has 0 bridgehead atoms. The molecule has 3 aromatic rings. The molecule has 0 saturated heterocycles. The molecule has 0 unspecified atom stereocenters. The van der Waals surface area contributed by atoms with Gasteiger partial charge in [0.2, 0.25) is 0 Å². The number of benzene rings is 3. The zero-order chi connectivity index (χ0) is 20.3. The number of rotatable bonds is 9. The highest BCUT2D eigenvalue weighted by molar-refractivity contribution is 7.98. The van der Waals surface area contributed by atoms with E-state index in [4.69, 9.17) is 12.2 Å². The first-order valence-electron chi connectivity index (χ1n) is 9.33. The third-order valence-corrected chi connectivity index (χ3v) is 6.45. The molecular weight excluding hydrogens is 419 g/mol. The first-order valence-corrected chi connectivity index (χ1v) is 11.9. The van der Waals surface area contributed by atoms with Crippen LogP contribution in [-0.4, -0.2) is 17.4 Å². The minimum absolute atomic E-state index is 0.143. The molecule has 0 aliphatic carbocycles. The van der Waals surface area contributed by atoms with Gasteiger partial charge in [0.05, 0.1) is 0 Å². The summed E-state index contributed by atoms with van der Waals surface area (Å²) in [5.41, 5.74) is 2.98. The average Bonchev–Trinajstić information content (AvgIpc) is 2.75. The lowest BCUT2D eigenvalue weighted by Gasteiger charge is -2.11. The molecule has 0 fully saturated rings. The second-order valence-corrected chi connectivity index (χ2v) is 8.89. The van der Waals surface area contributed by atoms with Crippen LogP contribution in [-0.2, 0) is 11.5 Å². The SMILES string of the molecule is Fc1ccccc1CSCCNC(=S)Nc1ccc(CSc2ccccc2)cc1. The highest BCUT2D eigenvalue weighted by Gasteiger charge is 2.02. The van der Waals surface area contributed by atoms with Gasteiger partial charge in [-0.1, -0.05) is 48.5 Å². The molecule has 6 heteroatoms. The Morgan fingerprint density at radius 3 is 2.34 bits per heavy atom. The maximum atomic E-state index is 13.6. The molecule has 3 rings (SSSR count). The molecule has 0 saturated carbocycles. The van der Waals surface area contributed by atoms with Crippen LogP contribution in [0, 0.1) is 5.82 Å². The van der Waals surface area contributed by atoms with Crippen molar-refractivity contribution in [2.75, 3.05) is 17.6 Å². The van der Waals surface area contributed by atoms with Gasteiger partial charge in [0.15, 0.2) is 5.11 Å². The number of hydrogen-bond donors (Lipinski definition) is 2. The van der Waals surface area contributed by atoms with Crippen LogP contribution in [0.25, 0.3) is 0 Å². The van der Waals surface area contributed by atoms with Crippen LogP contribution >= 0.6 is 35.7 Å². The van der Waals surface area contributed by atoms with Gasteiger partial charge in [-0.2, -0.15) is 11.8 Å². The van der Waals surface area contributed by atoms with Gasteiger partial charge in [0, 0.05) is 34.4 Å². The summed E-state index contributed by atoms with van der Waals surface area (Å²) in [6.07, 6.45) is 0. The maximum absolute atomic E-state index is 13.6. The van der Waals surface area contributed by atoms with Crippen molar-refractivity contribution < 1.29 is 4.39 Å². The third kappa shape index (κ3) is 7.72. The van der Waals surface area contributed by atoms with Crippen molar-refractivity contribution >= 4 is 46.5 Å². The molecule has 0 aromatic heterocycles. The van der Waals surface area contributed by atoms with E-state index in [1.807, 2.05) is 42.1 Å². The Labute approximate surface area is 185 Å². The minimum atomic E-state index is -0.143. The topological polar surface area (TPSA) is 24.1 Å². The predicted molar refractivity (Wildman–Crippen MR) is 129 cm³/mol. The van der Waals surface area contributed by atoms with Crippen molar-refractivity contribution in [1.82, 2.24) is 5.32 Å². The van der Waals surface area contributed by atoms with Crippen LogP contribution in [0.3, 0.4) is 0 Å². The van der Waals surface area contributed by atoms with Crippen molar-refractivity contribution in [1.29, 1.82) is 0 Å². The first kappa shape index (κ1) is 21.7. The van der Waals surface area contributed by atoms with Gasteiger partial charge in [0.1, 0.15) is 5.82 Å². The smallest absolute Gasteiger partial charge is 0.170 e. The van der Waals surface area contributed by atoms with Crippen molar-refractivity contribution in [3.63, 3.8) is 0 Å². The standard InChI is InChI=1S/C23H23FN2S3/c24-22-9-5-4-6-19(22)17-28-15-14-25-23(27)26-20-12-10-18(11-13-20)16-29-21-7-2-1-3-8-21/h1-13H,14-17H2,(H2,25,26,27). The van der Waals surface area contributed by atoms with E-state index in [1.54, 1.807) is 17.8 Å². The summed E-state index contributed by atoms with van der Waals surface area (Å²) in [5.74, 6) is 2.31. The molecule has 29 heavy (non-hydrogen) atoms. The van der Waals surface area contributed by atoms with Crippen LogP contribution in [0.5, 0.6) is 0 Å². The highest BCUT2D eigenvalue weighted by atomic mass is 32.2. The highest BCUT2D eigenvalue weighted by Crippen LogP contribution is 2.23. The molecule has 0 amide bonds. The van der Waals surface area contributed by atoms with E-state index in [-0.39, 0.29) is 5.82 Å². The Morgan fingerprint density at radius 1 is 0.862 bits per heavy atom. The zero-order valence-corrected chi connectivity index (χ0v) is 18.4. The summed E-state index contributed by atoms with van der Waals surface area (Å²) >= 11 is 8.86. The van der Waals surface area contributed by atoms with Crippen molar-refractivity contribution in [2.45, 2.75) is 16.4 Å². The van der Waals surface area contributed by atoms with Crippen molar-refractivity contribution in [3.05, 3.63) is 95.8 Å². The lowest BCUT2D eigenvalue weighted by molar-refractivity contribution is 0.617. The zero-order valence-electron chi connectivity index (χ0n) is 15.9. The summed E-state index contributed by atoms with van der Waals surface area (Å²) in [5, 5.41) is 7.00. The lowest BCUT2D eigenvalue weighted by atomic mass is 10.2. The summed E-state index contributed by atoms with van der Waals surface area (Å²) in [6, 6.07) is 25.6. The molecule has 0 aliphatic heterocycles. The van der Waals surface area contributed by atoms with Gasteiger partial charge in [-0.3, -0.25) is 0 Å². The molecule has 2 N–H and O–H groups in total. The first-order chi connectivity index (χ1) is 14.2. The van der Waals surface area contributed by atoms with Gasteiger partial charge < -0.3 is 10.6 Å². The van der Waals surface area contributed by atoms with E-state index >= 15 is 0 Å².